The first-order valence-electron chi connectivity index (χ1n) is 4.43. The molecule has 1 nitrogen and oxygen atoms in total. The van der Waals surface area contributed by atoms with Gasteiger partial charge in [0.15, 0.2) is 0 Å². The van der Waals surface area contributed by atoms with E-state index >= 15 is 0 Å². The molecule has 59 valence electrons. The maximum Gasteiger partial charge on any atom is -0.00205 e. The highest BCUT2D eigenvalue weighted by atomic mass is 14.9. The van der Waals surface area contributed by atoms with E-state index in [0.717, 1.165) is 12.3 Å². The second-order valence-corrected chi connectivity index (χ2v) is 3.21. The molecule has 0 saturated carbocycles. The lowest BCUT2D eigenvalue weighted by molar-refractivity contribution is 0.449. The van der Waals surface area contributed by atoms with Crippen LogP contribution < -0.4 is 5.32 Å². The monoisotopic (exact) mass is 140 g/mol. The summed E-state index contributed by atoms with van der Waals surface area (Å²) in [6.07, 6.45) is 6.62. The van der Waals surface area contributed by atoms with E-state index in [1.165, 1.54) is 38.8 Å². The Morgan fingerprint density at radius 3 is 3.10 bits per heavy atom. The molecule has 0 bridgehead atoms. The van der Waals surface area contributed by atoms with Gasteiger partial charge in [-0.3, -0.25) is 0 Å². The van der Waals surface area contributed by atoms with Crippen molar-refractivity contribution >= 4 is 0 Å². The van der Waals surface area contributed by atoms with Crippen LogP contribution in [0.25, 0.3) is 0 Å². The van der Waals surface area contributed by atoms with Crippen molar-refractivity contribution in [1.82, 2.24) is 5.32 Å². The van der Waals surface area contributed by atoms with E-state index in [1.807, 2.05) is 0 Å². The quantitative estimate of drug-likeness (QED) is 0.618. The third-order valence-corrected chi connectivity index (χ3v) is 2.26. The minimum Gasteiger partial charge on any atom is -0.316 e. The highest BCUT2D eigenvalue weighted by Crippen LogP contribution is 2.15. The number of rotatable bonds is 2. The molecule has 0 aromatic carbocycles. The average Bonchev–Trinajstić information content (AvgIpc) is 2.17. The normalized spacial score (nSPS) is 27.9. The standard InChI is InChI=1S/C9H18N/c1-2-5-9-6-3-4-7-10-8-9/h9-10H,1-8H2. The Hall–Kier alpha value is -0.0400. The first-order chi connectivity index (χ1) is 4.93. The first-order valence-corrected chi connectivity index (χ1v) is 4.43. The lowest BCUT2D eigenvalue weighted by Gasteiger charge is -2.11. The number of hydrogen-bond acceptors (Lipinski definition) is 1. The molecule has 1 rings (SSSR count). The van der Waals surface area contributed by atoms with Gasteiger partial charge in [-0.15, -0.1) is 0 Å². The molecule has 1 atom stereocenters. The van der Waals surface area contributed by atoms with Gasteiger partial charge in [0.1, 0.15) is 0 Å². The Labute approximate surface area is 64.2 Å². The molecule has 0 aromatic heterocycles. The molecule has 1 saturated heterocycles. The van der Waals surface area contributed by atoms with Crippen molar-refractivity contribution in [3.8, 4) is 0 Å². The summed E-state index contributed by atoms with van der Waals surface area (Å²) >= 11 is 0. The topological polar surface area (TPSA) is 12.0 Å². The Kier molecular flexibility index (Phi) is 3.81. The molecule has 1 fully saturated rings. The van der Waals surface area contributed by atoms with E-state index in [1.54, 1.807) is 0 Å². The molecule has 1 heterocycles. The zero-order valence-electron chi connectivity index (χ0n) is 6.73. The molecule has 0 aromatic rings. The van der Waals surface area contributed by atoms with Gasteiger partial charge < -0.3 is 5.32 Å². The van der Waals surface area contributed by atoms with Crippen molar-refractivity contribution in [2.24, 2.45) is 5.92 Å². The second-order valence-electron chi connectivity index (χ2n) is 3.21. The van der Waals surface area contributed by atoms with Gasteiger partial charge in [-0.1, -0.05) is 19.8 Å². The van der Waals surface area contributed by atoms with Gasteiger partial charge in [-0.25, -0.2) is 0 Å². The molecule has 1 unspecified atom stereocenters. The van der Waals surface area contributed by atoms with E-state index in [0.29, 0.717) is 0 Å². The van der Waals surface area contributed by atoms with Gasteiger partial charge in [0.25, 0.3) is 0 Å². The van der Waals surface area contributed by atoms with E-state index < -0.39 is 0 Å². The summed E-state index contributed by atoms with van der Waals surface area (Å²) in [5, 5.41) is 3.45. The van der Waals surface area contributed by atoms with Crippen LogP contribution in [0.4, 0.5) is 0 Å². The highest BCUT2D eigenvalue weighted by molar-refractivity contribution is 4.67. The third-order valence-electron chi connectivity index (χ3n) is 2.26. The van der Waals surface area contributed by atoms with Gasteiger partial charge in [-0.05, 0) is 38.3 Å². The van der Waals surface area contributed by atoms with Crippen LogP contribution in [-0.4, -0.2) is 13.1 Å². The molecule has 1 radical (unpaired) electrons. The molecule has 10 heavy (non-hydrogen) atoms. The van der Waals surface area contributed by atoms with Gasteiger partial charge in [0.05, 0.1) is 0 Å². The summed E-state index contributed by atoms with van der Waals surface area (Å²) in [5.74, 6) is 0.917. The minimum absolute atomic E-state index is 0.917. The fourth-order valence-corrected chi connectivity index (χ4v) is 1.63. The fraction of sp³-hybridized carbons (Fsp3) is 0.889. The van der Waals surface area contributed by atoms with Crippen LogP contribution in [0.2, 0.25) is 0 Å². The first kappa shape index (κ1) is 8.06. The second kappa shape index (κ2) is 4.73. The molecule has 1 aliphatic heterocycles. The summed E-state index contributed by atoms with van der Waals surface area (Å²) in [4.78, 5) is 0. The van der Waals surface area contributed by atoms with Crippen LogP contribution in [0.15, 0.2) is 0 Å². The number of nitrogens with one attached hydrogen (secondary N) is 1. The van der Waals surface area contributed by atoms with Crippen LogP contribution >= 0.6 is 0 Å². The van der Waals surface area contributed by atoms with Crippen molar-refractivity contribution in [1.29, 1.82) is 0 Å². The average molecular weight is 140 g/mol. The molecular formula is C9H18N. The summed E-state index contributed by atoms with van der Waals surface area (Å²) in [5.41, 5.74) is 0. The van der Waals surface area contributed by atoms with Crippen molar-refractivity contribution in [2.75, 3.05) is 13.1 Å². The largest absolute Gasteiger partial charge is 0.316 e. The predicted molar refractivity (Wildman–Crippen MR) is 44.8 cm³/mol. The van der Waals surface area contributed by atoms with E-state index in [9.17, 15) is 0 Å². The molecule has 0 spiro atoms. The third kappa shape index (κ3) is 2.70. The maximum absolute atomic E-state index is 3.88. The summed E-state index contributed by atoms with van der Waals surface area (Å²) in [6.45, 7) is 6.34. The van der Waals surface area contributed by atoms with Crippen molar-refractivity contribution < 1.29 is 0 Å². The molecule has 0 amide bonds. The predicted octanol–water partition coefficient (Wildman–Crippen LogP) is 1.99. The molecule has 1 N–H and O–H groups in total. The smallest absolute Gasteiger partial charge is 0.00205 e. The van der Waals surface area contributed by atoms with Gasteiger partial charge >= 0.3 is 0 Å². The van der Waals surface area contributed by atoms with E-state index in [2.05, 4.69) is 12.2 Å². The maximum atomic E-state index is 3.88. The van der Waals surface area contributed by atoms with Crippen molar-refractivity contribution in [3.05, 3.63) is 6.92 Å². The Balaban J connectivity index is 2.15. The van der Waals surface area contributed by atoms with Gasteiger partial charge in [-0.2, -0.15) is 0 Å². The fourth-order valence-electron chi connectivity index (χ4n) is 1.63. The van der Waals surface area contributed by atoms with Crippen LogP contribution in [-0.2, 0) is 0 Å². The molecule has 0 aliphatic carbocycles. The van der Waals surface area contributed by atoms with Crippen molar-refractivity contribution in [2.45, 2.75) is 32.1 Å². The Bertz CT molecular complexity index is 72.8. The summed E-state index contributed by atoms with van der Waals surface area (Å²) < 4.78 is 0. The van der Waals surface area contributed by atoms with Crippen LogP contribution in [0, 0.1) is 12.8 Å². The molecular weight excluding hydrogens is 122 g/mol. The van der Waals surface area contributed by atoms with Crippen molar-refractivity contribution in [3.63, 3.8) is 0 Å². The highest BCUT2D eigenvalue weighted by Gasteiger charge is 2.09. The molecule has 1 aliphatic rings. The van der Waals surface area contributed by atoms with E-state index in [4.69, 9.17) is 0 Å². The zero-order chi connectivity index (χ0) is 7.23. The molecule has 1 heteroatoms. The van der Waals surface area contributed by atoms with Gasteiger partial charge in [0.2, 0.25) is 0 Å². The summed E-state index contributed by atoms with van der Waals surface area (Å²) in [7, 11) is 0. The lowest BCUT2D eigenvalue weighted by atomic mass is 9.99. The summed E-state index contributed by atoms with van der Waals surface area (Å²) in [6, 6.07) is 0. The van der Waals surface area contributed by atoms with Crippen LogP contribution in [0.3, 0.4) is 0 Å². The lowest BCUT2D eigenvalue weighted by Crippen LogP contribution is -2.20. The van der Waals surface area contributed by atoms with Crippen LogP contribution in [0.5, 0.6) is 0 Å². The van der Waals surface area contributed by atoms with Gasteiger partial charge in [0, 0.05) is 0 Å². The minimum atomic E-state index is 0.917. The zero-order valence-corrected chi connectivity index (χ0v) is 6.73. The van der Waals surface area contributed by atoms with E-state index in [-0.39, 0.29) is 0 Å². The Morgan fingerprint density at radius 1 is 1.40 bits per heavy atom. The van der Waals surface area contributed by atoms with Crippen LogP contribution in [0.1, 0.15) is 32.1 Å². The Morgan fingerprint density at radius 2 is 2.30 bits per heavy atom. The number of hydrogen-bond donors (Lipinski definition) is 1. The SMILES string of the molecule is [CH2]CCC1CCCCNC1.